The number of rotatable bonds is 5. The molecule has 0 saturated carbocycles. The highest BCUT2D eigenvalue weighted by Crippen LogP contribution is 2.38. The molecule has 2 aromatic rings. The van der Waals surface area contributed by atoms with Crippen molar-refractivity contribution >= 4 is 58.6 Å². The van der Waals surface area contributed by atoms with Gasteiger partial charge in [-0.3, -0.25) is 14.6 Å². The van der Waals surface area contributed by atoms with Crippen LogP contribution >= 0.6 is 35.1 Å². The number of thiol groups is 2. The Hall–Kier alpha value is -2.38. The maximum absolute atomic E-state index is 13.0. The number of nitrogens with two attached hydrogens (primary N) is 1. The smallest absolute Gasteiger partial charge is 0.364 e. The van der Waals surface area contributed by atoms with Crippen LogP contribution in [0.3, 0.4) is 0 Å². The molecule has 7 nitrogen and oxygen atoms in total. The number of anilines is 1. The Kier molecular flexibility index (Phi) is 10.8. The van der Waals surface area contributed by atoms with E-state index in [1.54, 1.807) is 19.9 Å². The van der Waals surface area contributed by atoms with Gasteiger partial charge in [-0.15, -0.1) is 23.3 Å². The molecule has 0 spiro atoms. The van der Waals surface area contributed by atoms with Crippen LogP contribution in [0, 0.1) is 0 Å². The number of halogens is 3. The lowest BCUT2D eigenvalue weighted by atomic mass is 10.0. The van der Waals surface area contributed by atoms with Gasteiger partial charge >= 0.3 is 11.5 Å². The van der Waals surface area contributed by atoms with Gasteiger partial charge in [0.2, 0.25) is 0 Å². The summed E-state index contributed by atoms with van der Waals surface area (Å²) in [7, 11) is 0. The third-order valence-corrected chi connectivity index (χ3v) is 5.31. The van der Waals surface area contributed by atoms with Gasteiger partial charge in [0.05, 0.1) is 5.69 Å². The number of thioether (sulfide) groups is 1. The van der Waals surface area contributed by atoms with E-state index in [0.717, 1.165) is 4.90 Å². The highest BCUT2D eigenvalue weighted by Gasteiger charge is 2.51. The summed E-state index contributed by atoms with van der Waals surface area (Å²) >= 11 is 6.16. The van der Waals surface area contributed by atoms with E-state index in [0.29, 0.717) is 5.56 Å². The van der Waals surface area contributed by atoms with E-state index in [4.69, 9.17) is 5.73 Å². The molecule has 0 aliphatic carbocycles. The van der Waals surface area contributed by atoms with Crippen LogP contribution in [0.15, 0.2) is 47.5 Å². The number of alkyl halides is 3. The SMILES string of the molecule is CC.CC1(C)C(=O)N(c2ccc(SC(F)(F)F)cc2)C(=O)N1Cc1ccnc(C(N)=O)c1.SS. The fraction of sp³-hybridized carbons (Fsp3) is 0.333. The Morgan fingerprint density at radius 1 is 1.12 bits per heavy atom. The molecule has 186 valence electrons. The van der Waals surface area contributed by atoms with Gasteiger partial charge in [0.25, 0.3) is 11.8 Å². The zero-order chi connectivity index (χ0) is 26.3. The predicted octanol–water partition coefficient (Wildman–Crippen LogP) is 5.33. The molecule has 34 heavy (non-hydrogen) atoms. The Morgan fingerprint density at radius 3 is 2.18 bits per heavy atom. The van der Waals surface area contributed by atoms with Crippen LogP contribution in [0.5, 0.6) is 0 Å². The van der Waals surface area contributed by atoms with E-state index >= 15 is 0 Å². The third kappa shape index (κ3) is 7.06. The molecule has 13 heteroatoms. The topological polar surface area (TPSA) is 96.6 Å². The quantitative estimate of drug-likeness (QED) is 0.209. The molecule has 0 bridgehead atoms. The molecule has 0 unspecified atom stereocenters. The van der Waals surface area contributed by atoms with Crippen molar-refractivity contribution in [2.45, 2.75) is 50.2 Å². The zero-order valence-corrected chi connectivity index (χ0v) is 21.4. The molecule has 1 aliphatic heterocycles. The normalized spacial score (nSPS) is 14.7. The number of imide groups is 1. The van der Waals surface area contributed by atoms with Crippen molar-refractivity contribution in [3.05, 3.63) is 53.9 Å². The number of nitrogens with zero attached hydrogens (tertiary/aromatic N) is 3. The van der Waals surface area contributed by atoms with Crippen LogP contribution in [-0.2, 0) is 11.3 Å². The lowest BCUT2D eigenvalue weighted by Crippen LogP contribution is -2.43. The number of carbonyl (C=O) groups excluding carboxylic acids is 3. The first kappa shape index (κ1) is 29.7. The van der Waals surface area contributed by atoms with Crippen LogP contribution in [0.4, 0.5) is 23.7 Å². The van der Waals surface area contributed by atoms with Crippen molar-refractivity contribution in [1.82, 2.24) is 9.88 Å². The molecular formula is C21H25F3N4O3S3. The zero-order valence-electron chi connectivity index (χ0n) is 18.8. The molecule has 1 fully saturated rings. The Balaban J connectivity index is 0.00000137. The summed E-state index contributed by atoms with van der Waals surface area (Å²) in [6.07, 6.45) is 1.37. The first-order valence-corrected chi connectivity index (χ1v) is 12.3. The number of hydrogen-bond donors (Lipinski definition) is 3. The van der Waals surface area contributed by atoms with Crippen LogP contribution in [0.2, 0.25) is 0 Å². The fourth-order valence-corrected chi connectivity index (χ4v) is 3.55. The van der Waals surface area contributed by atoms with Crippen molar-refractivity contribution in [2.75, 3.05) is 4.90 Å². The molecular weight excluding hydrogens is 509 g/mol. The van der Waals surface area contributed by atoms with Crippen molar-refractivity contribution in [3.8, 4) is 0 Å². The monoisotopic (exact) mass is 534 g/mol. The standard InChI is InChI=1S/C19H17F3N4O3S.C2H6.H2S2/c1-18(2)16(28)26(12-3-5-13(6-4-12)30-19(20,21)22)17(29)25(18)10-11-7-8-24-14(9-11)15(23)27;2*1-2/h3-9H,10H2,1-2H3,(H2,23,27);1-2H3;1-2H. The number of hydrogen-bond acceptors (Lipinski definition) is 7. The molecule has 2 N–H and O–H groups in total. The average molecular weight is 535 g/mol. The summed E-state index contributed by atoms with van der Waals surface area (Å²) in [4.78, 5) is 43.3. The molecule has 4 amide bonds. The molecule has 3 rings (SSSR count). The van der Waals surface area contributed by atoms with Gasteiger partial charge in [0.1, 0.15) is 11.2 Å². The van der Waals surface area contributed by atoms with E-state index in [1.807, 2.05) is 13.8 Å². The summed E-state index contributed by atoms with van der Waals surface area (Å²) in [6.45, 7) is 7.15. The maximum Gasteiger partial charge on any atom is 0.446 e. The molecule has 0 radical (unpaired) electrons. The molecule has 1 aliphatic rings. The van der Waals surface area contributed by atoms with Gasteiger partial charge in [-0.05, 0) is 67.6 Å². The first-order valence-electron chi connectivity index (χ1n) is 9.87. The molecule has 0 atom stereocenters. The third-order valence-electron chi connectivity index (χ3n) is 4.57. The Morgan fingerprint density at radius 2 is 1.68 bits per heavy atom. The summed E-state index contributed by atoms with van der Waals surface area (Å²) in [6, 6.07) is 7.38. The minimum Gasteiger partial charge on any atom is -0.364 e. The minimum atomic E-state index is -4.44. The number of aromatic nitrogens is 1. The van der Waals surface area contributed by atoms with Gasteiger partial charge in [-0.2, -0.15) is 13.2 Å². The number of urea groups is 1. The number of amides is 4. The molecule has 1 aromatic carbocycles. The number of pyridine rings is 1. The van der Waals surface area contributed by atoms with E-state index in [2.05, 4.69) is 28.3 Å². The lowest BCUT2D eigenvalue weighted by molar-refractivity contribution is -0.123. The first-order chi connectivity index (χ1) is 15.9. The largest absolute Gasteiger partial charge is 0.446 e. The second kappa shape index (κ2) is 12.4. The van der Waals surface area contributed by atoms with Crippen molar-refractivity contribution in [3.63, 3.8) is 0 Å². The second-order valence-corrected chi connectivity index (χ2v) is 8.16. The maximum atomic E-state index is 13.0. The van der Waals surface area contributed by atoms with Gasteiger partial charge in [-0.25, -0.2) is 9.69 Å². The molecule has 1 aromatic heterocycles. The molecule has 2 heterocycles. The molecule has 1 saturated heterocycles. The summed E-state index contributed by atoms with van der Waals surface area (Å²) in [5.41, 5.74) is 0.313. The predicted molar refractivity (Wildman–Crippen MR) is 133 cm³/mol. The minimum absolute atomic E-state index is 0.0128. The van der Waals surface area contributed by atoms with E-state index in [1.165, 1.54) is 41.4 Å². The average Bonchev–Trinajstić information content (AvgIpc) is 2.96. The van der Waals surface area contributed by atoms with Crippen molar-refractivity contribution in [1.29, 1.82) is 0 Å². The van der Waals surface area contributed by atoms with E-state index in [-0.39, 0.29) is 34.6 Å². The van der Waals surface area contributed by atoms with E-state index < -0.39 is 28.9 Å². The number of carbonyl (C=O) groups is 3. The van der Waals surface area contributed by atoms with Crippen molar-refractivity contribution < 1.29 is 27.6 Å². The second-order valence-electron chi connectivity index (χ2n) is 7.02. The van der Waals surface area contributed by atoms with Crippen LogP contribution in [0.1, 0.15) is 43.7 Å². The Bertz CT molecular complexity index is 1020. The fourth-order valence-electron chi connectivity index (χ4n) is 3.02. The lowest BCUT2D eigenvalue weighted by Gasteiger charge is -2.27. The van der Waals surface area contributed by atoms with Gasteiger partial charge in [-0.1, -0.05) is 13.8 Å². The number of benzene rings is 1. The van der Waals surface area contributed by atoms with Crippen LogP contribution < -0.4 is 10.6 Å². The van der Waals surface area contributed by atoms with Crippen molar-refractivity contribution in [2.24, 2.45) is 5.73 Å². The van der Waals surface area contributed by atoms with E-state index in [9.17, 15) is 27.6 Å². The Labute approximate surface area is 210 Å². The summed E-state index contributed by atoms with van der Waals surface area (Å²) < 4.78 is 37.5. The number of primary amides is 1. The highest BCUT2D eigenvalue weighted by molar-refractivity contribution is 8.59. The summed E-state index contributed by atoms with van der Waals surface area (Å²) in [5, 5.41) is 0. The van der Waals surface area contributed by atoms with Crippen LogP contribution in [0.25, 0.3) is 0 Å². The van der Waals surface area contributed by atoms with Gasteiger partial charge in [0.15, 0.2) is 0 Å². The van der Waals surface area contributed by atoms with Crippen LogP contribution in [-0.4, -0.2) is 38.8 Å². The van der Waals surface area contributed by atoms with Gasteiger partial charge in [0, 0.05) is 17.6 Å². The van der Waals surface area contributed by atoms with Gasteiger partial charge < -0.3 is 10.6 Å². The summed E-state index contributed by atoms with van der Waals surface area (Å²) in [5.74, 6) is -1.24. The highest BCUT2D eigenvalue weighted by atomic mass is 33.1.